The van der Waals surface area contributed by atoms with E-state index >= 15 is 0 Å². The molecule has 0 atom stereocenters. The van der Waals surface area contributed by atoms with Gasteiger partial charge in [0.05, 0.1) is 10.0 Å². The van der Waals surface area contributed by atoms with Crippen LogP contribution in [-0.2, 0) is 0 Å². The zero-order valence-corrected chi connectivity index (χ0v) is 7.30. The van der Waals surface area contributed by atoms with Crippen LogP contribution in [0.5, 0.6) is 11.5 Å². The highest BCUT2D eigenvalue weighted by molar-refractivity contribution is 9.10. The number of halogens is 2. The van der Waals surface area contributed by atoms with Gasteiger partial charge in [0.1, 0.15) is 0 Å². The van der Waals surface area contributed by atoms with E-state index in [2.05, 4.69) is 15.9 Å². The SMILES string of the molecule is O=Cc1cc(Br)c(O)c(F)c1O. The maximum atomic E-state index is 12.8. The third-order valence-electron chi connectivity index (χ3n) is 1.32. The van der Waals surface area contributed by atoms with E-state index < -0.39 is 17.3 Å². The van der Waals surface area contributed by atoms with Crippen LogP contribution in [0.15, 0.2) is 10.5 Å². The van der Waals surface area contributed by atoms with Gasteiger partial charge < -0.3 is 10.2 Å². The fraction of sp³-hybridized carbons (Fsp3) is 0. The van der Waals surface area contributed by atoms with Crippen LogP contribution in [0.2, 0.25) is 0 Å². The molecule has 0 saturated heterocycles. The highest BCUT2D eigenvalue weighted by atomic mass is 79.9. The van der Waals surface area contributed by atoms with Crippen LogP contribution >= 0.6 is 15.9 Å². The maximum Gasteiger partial charge on any atom is 0.208 e. The summed E-state index contributed by atoms with van der Waals surface area (Å²) in [5.74, 6) is -2.75. The number of rotatable bonds is 1. The minimum atomic E-state index is -1.20. The summed E-state index contributed by atoms with van der Waals surface area (Å²) in [6, 6.07) is 1.13. The van der Waals surface area contributed by atoms with Gasteiger partial charge in [-0.05, 0) is 22.0 Å². The Bertz CT molecular complexity index is 338. The fourth-order valence-corrected chi connectivity index (χ4v) is 1.13. The smallest absolute Gasteiger partial charge is 0.208 e. The molecule has 0 aromatic heterocycles. The highest BCUT2D eigenvalue weighted by Crippen LogP contribution is 2.34. The molecule has 0 bridgehead atoms. The minimum Gasteiger partial charge on any atom is -0.504 e. The Morgan fingerprint density at radius 3 is 2.50 bits per heavy atom. The molecular weight excluding hydrogens is 231 g/mol. The molecule has 0 radical (unpaired) electrons. The van der Waals surface area contributed by atoms with Crippen molar-refractivity contribution in [3.8, 4) is 11.5 Å². The molecule has 0 aliphatic rings. The van der Waals surface area contributed by atoms with Gasteiger partial charge in [0, 0.05) is 0 Å². The third kappa shape index (κ3) is 1.27. The number of phenolic OH excluding ortho intramolecular Hbond substituents is 2. The van der Waals surface area contributed by atoms with Crippen molar-refractivity contribution in [2.24, 2.45) is 0 Å². The summed E-state index contributed by atoms with van der Waals surface area (Å²) in [4.78, 5) is 10.2. The van der Waals surface area contributed by atoms with E-state index in [0.717, 1.165) is 6.07 Å². The Kier molecular flexibility index (Phi) is 2.32. The van der Waals surface area contributed by atoms with E-state index in [0.29, 0.717) is 6.29 Å². The number of phenols is 2. The van der Waals surface area contributed by atoms with Crippen molar-refractivity contribution in [2.75, 3.05) is 0 Å². The Morgan fingerprint density at radius 2 is 2.00 bits per heavy atom. The first-order chi connectivity index (χ1) is 5.57. The van der Waals surface area contributed by atoms with Crippen LogP contribution < -0.4 is 0 Å². The fourth-order valence-electron chi connectivity index (χ4n) is 0.707. The van der Waals surface area contributed by atoms with Crippen molar-refractivity contribution >= 4 is 22.2 Å². The van der Waals surface area contributed by atoms with Crippen LogP contribution in [0.3, 0.4) is 0 Å². The summed E-state index contributed by atoms with van der Waals surface area (Å²) >= 11 is 2.81. The molecule has 12 heavy (non-hydrogen) atoms. The molecular formula is C7H4BrFO3. The largest absolute Gasteiger partial charge is 0.504 e. The number of aromatic hydroxyl groups is 2. The molecule has 0 aliphatic carbocycles. The van der Waals surface area contributed by atoms with Crippen LogP contribution in [0, 0.1) is 5.82 Å². The molecule has 0 amide bonds. The molecule has 1 rings (SSSR count). The van der Waals surface area contributed by atoms with Crippen LogP contribution in [0.4, 0.5) is 4.39 Å². The molecule has 0 unspecified atom stereocenters. The number of aldehydes is 1. The molecule has 0 spiro atoms. The summed E-state index contributed by atoms with van der Waals surface area (Å²) in [5, 5.41) is 17.8. The van der Waals surface area contributed by atoms with Gasteiger partial charge in [-0.2, -0.15) is 4.39 Å². The molecule has 0 saturated carbocycles. The summed E-state index contributed by atoms with van der Waals surface area (Å²) < 4.78 is 12.8. The van der Waals surface area contributed by atoms with Crippen molar-refractivity contribution in [3.63, 3.8) is 0 Å². The predicted octanol–water partition coefficient (Wildman–Crippen LogP) is 1.81. The Morgan fingerprint density at radius 1 is 1.42 bits per heavy atom. The average Bonchev–Trinajstić information content (AvgIpc) is 2.08. The van der Waals surface area contributed by atoms with E-state index in [9.17, 15) is 9.18 Å². The second kappa shape index (κ2) is 3.10. The summed E-state index contributed by atoms with van der Waals surface area (Å²) in [6.07, 6.45) is 0.294. The van der Waals surface area contributed by atoms with E-state index in [4.69, 9.17) is 10.2 Å². The highest BCUT2D eigenvalue weighted by Gasteiger charge is 2.14. The molecule has 0 heterocycles. The first-order valence-corrected chi connectivity index (χ1v) is 3.72. The van der Waals surface area contributed by atoms with E-state index in [1.165, 1.54) is 0 Å². The first-order valence-electron chi connectivity index (χ1n) is 2.93. The maximum absolute atomic E-state index is 12.8. The van der Waals surface area contributed by atoms with Gasteiger partial charge in [-0.25, -0.2) is 0 Å². The molecule has 64 valence electrons. The lowest BCUT2D eigenvalue weighted by atomic mass is 10.2. The van der Waals surface area contributed by atoms with Gasteiger partial charge in [-0.15, -0.1) is 0 Å². The summed E-state index contributed by atoms with van der Waals surface area (Å²) in [7, 11) is 0. The zero-order valence-electron chi connectivity index (χ0n) is 5.71. The number of benzene rings is 1. The quantitative estimate of drug-likeness (QED) is 0.729. The summed E-state index contributed by atoms with van der Waals surface area (Å²) in [6.45, 7) is 0. The van der Waals surface area contributed by atoms with Crippen molar-refractivity contribution in [1.29, 1.82) is 0 Å². The van der Waals surface area contributed by atoms with Crippen molar-refractivity contribution in [2.45, 2.75) is 0 Å². The van der Waals surface area contributed by atoms with Gasteiger partial charge in [0.2, 0.25) is 5.82 Å². The second-order valence-electron chi connectivity index (χ2n) is 2.08. The Hall–Kier alpha value is -1.10. The molecule has 0 fully saturated rings. The van der Waals surface area contributed by atoms with Gasteiger partial charge in [-0.1, -0.05) is 0 Å². The minimum absolute atomic E-state index is 0.0277. The van der Waals surface area contributed by atoms with E-state index in [1.54, 1.807) is 0 Å². The standard InChI is InChI=1S/C7H4BrFO3/c8-4-1-3(2-10)6(11)5(9)7(4)12/h1-2,11-12H. The van der Waals surface area contributed by atoms with Gasteiger partial charge in [0.25, 0.3) is 0 Å². The predicted molar refractivity (Wildman–Crippen MR) is 42.8 cm³/mol. The lowest BCUT2D eigenvalue weighted by molar-refractivity contribution is 0.112. The normalized spacial score (nSPS) is 9.83. The molecule has 2 N–H and O–H groups in total. The third-order valence-corrected chi connectivity index (χ3v) is 1.93. The average molecular weight is 235 g/mol. The van der Waals surface area contributed by atoms with Crippen LogP contribution in [0.1, 0.15) is 10.4 Å². The zero-order chi connectivity index (χ0) is 9.30. The second-order valence-corrected chi connectivity index (χ2v) is 2.93. The summed E-state index contributed by atoms with van der Waals surface area (Å²) in [5.41, 5.74) is -0.211. The Labute approximate surface area is 75.6 Å². The van der Waals surface area contributed by atoms with Crippen LogP contribution in [-0.4, -0.2) is 16.5 Å². The number of carbonyl (C=O) groups is 1. The number of carbonyl (C=O) groups excluding carboxylic acids is 1. The van der Waals surface area contributed by atoms with Crippen molar-refractivity contribution < 1.29 is 19.4 Å². The number of hydrogen-bond acceptors (Lipinski definition) is 3. The molecule has 5 heteroatoms. The van der Waals surface area contributed by atoms with E-state index in [1.807, 2.05) is 0 Å². The van der Waals surface area contributed by atoms with Gasteiger partial charge in [0.15, 0.2) is 17.8 Å². The van der Waals surface area contributed by atoms with Crippen molar-refractivity contribution in [1.82, 2.24) is 0 Å². The van der Waals surface area contributed by atoms with Crippen molar-refractivity contribution in [3.05, 3.63) is 21.9 Å². The number of hydrogen-bond donors (Lipinski definition) is 2. The first kappa shape index (κ1) is 8.99. The van der Waals surface area contributed by atoms with Crippen LogP contribution in [0.25, 0.3) is 0 Å². The monoisotopic (exact) mass is 234 g/mol. The lowest BCUT2D eigenvalue weighted by Gasteiger charge is -2.02. The molecule has 1 aromatic carbocycles. The lowest BCUT2D eigenvalue weighted by Crippen LogP contribution is -1.87. The van der Waals surface area contributed by atoms with E-state index in [-0.39, 0.29) is 10.0 Å². The molecule has 1 aromatic rings. The molecule has 0 aliphatic heterocycles. The van der Waals surface area contributed by atoms with Gasteiger partial charge >= 0.3 is 0 Å². The molecule has 3 nitrogen and oxygen atoms in total. The van der Waals surface area contributed by atoms with Gasteiger partial charge in [-0.3, -0.25) is 4.79 Å². The topological polar surface area (TPSA) is 57.5 Å². The Balaban J connectivity index is 3.49.